The molecule has 0 spiro atoms. The summed E-state index contributed by atoms with van der Waals surface area (Å²) in [5.41, 5.74) is 0.890. The standard InChI is InChI=1S/C19H24O8/c1-11-16(25-12(2)20)17(26-13(3)21)18(27-14(4)22)19(24-11)23-10-15-8-6-5-7-9-15/h5-9,11,16-19H,10H2,1-4H3/t11-,16-,17+,18+,19-/m0/s1. The molecule has 0 aliphatic carbocycles. The van der Waals surface area contributed by atoms with Gasteiger partial charge in [-0.15, -0.1) is 0 Å². The fourth-order valence-electron chi connectivity index (χ4n) is 2.86. The number of ether oxygens (including phenoxy) is 5. The van der Waals surface area contributed by atoms with Crippen LogP contribution in [0.4, 0.5) is 0 Å². The Balaban J connectivity index is 2.24. The topological polar surface area (TPSA) is 97.4 Å². The lowest BCUT2D eigenvalue weighted by molar-refractivity contribution is -0.303. The second kappa shape index (κ2) is 9.48. The van der Waals surface area contributed by atoms with E-state index in [2.05, 4.69) is 0 Å². The predicted molar refractivity (Wildman–Crippen MR) is 92.2 cm³/mol. The number of esters is 3. The van der Waals surface area contributed by atoms with Crippen LogP contribution in [0.3, 0.4) is 0 Å². The van der Waals surface area contributed by atoms with Gasteiger partial charge in [-0.2, -0.15) is 0 Å². The highest BCUT2D eigenvalue weighted by molar-refractivity contribution is 5.68. The number of rotatable bonds is 6. The first-order chi connectivity index (χ1) is 12.8. The van der Waals surface area contributed by atoms with Gasteiger partial charge in [-0.25, -0.2) is 0 Å². The van der Waals surface area contributed by atoms with E-state index in [1.165, 1.54) is 20.8 Å². The third-order valence-electron chi connectivity index (χ3n) is 3.89. The summed E-state index contributed by atoms with van der Waals surface area (Å²) in [5, 5.41) is 0. The van der Waals surface area contributed by atoms with E-state index in [0.29, 0.717) is 0 Å². The van der Waals surface area contributed by atoms with Crippen molar-refractivity contribution in [1.29, 1.82) is 0 Å². The highest BCUT2D eigenvalue weighted by Gasteiger charge is 2.50. The molecule has 148 valence electrons. The van der Waals surface area contributed by atoms with Crippen LogP contribution in [-0.4, -0.2) is 48.6 Å². The maximum absolute atomic E-state index is 11.6. The third kappa shape index (κ3) is 6.04. The number of carbonyl (C=O) groups excluding carboxylic acids is 3. The molecule has 0 saturated carbocycles. The molecular weight excluding hydrogens is 356 g/mol. The smallest absolute Gasteiger partial charge is 0.303 e. The van der Waals surface area contributed by atoms with Crippen LogP contribution in [0, 0.1) is 0 Å². The predicted octanol–water partition coefficient (Wildman–Crippen LogP) is 1.74. The van der Waals surface area contributed by atoms with E-state index in [0.717, 1.165) is 5.56 Å². The van der Waals surface area contributed by atoms with Gasteiger partial charge in [0.05, 0.1) is 12.7 Å². The summed E-state index contributed by atoms with van der Waals surface area (Å²) in [7, 11) is 0. The molecule has 1 saturated heterocycles. The molecule has 0 bridgehead atoms. The summed E-state index contributed by atoms with van der Waals surface area (Å²) in [4.78, 5) is 34.6. The average Bonchev–Trinajstić information content (AvgIpc) is 2.59. The first-order valence-corrected chi connectivity index (χ1v) is 8.60. The SMILES string of the molecule is CC(=O)O[C@@H]1[C@@H](OC(C)=O)[C@H](C)O[C@H](OCc2ccccc2)[C@@H]1OC(C)=O. The molecule has 0 amide bonds. The summed E-state index contributed by atoms with van der Waals surface area (Å²) in [6.45, 7) is 5.53. The van der Waals surface area contributed by atoms with E-state index in [9.17, 15) is 14.4 Å². The molecule has 0 radical (unpaired) electrons. The Morgan fingerprint density at radius 1 is 0.852 bits per heavy atom. The van der Waals surface area contributed by atoms with Crippen LogP contribution >= 0.6 is 0 Å². The molecule has 1 heterocycles. The molecule has 1 aliphatic heterocycles. The van der Waals surface area contributed by atoms with Crippen molar-refractivity contribution in [1.82, 2.24) is 0 Å². The third-order valence-corrected chi connectivity index (χ3v) is 3.89. The molecule has 1 aliphatic rings. The molecule has 0 aromatic heterocycles. The lowest BCUT2D eigenvalue weighted by Gasteiger charge is -2.43. The summed E-state index contributed by atoms with van der Waals surface area (Å²) in [5.74, 6) is -1.78. The molecule has 8 nitrogen and oxygen atoms in total. The van der Waals surface area contributed by atoms with Gasteiger partial charge < -0.3 is 23.7 Å². The minimum atomic E-state index is -1.09. The lowest BCUT2D eigenvalue weighted by atomic mass is 9.99. The summed E-state index contributed by atoms with van der Waals surface area (Å²) in [6, 6.07) is 9.36. The molecule has 8 heteroatoms. The molecule has 27 heavy (non-hydrogen) atoms. The summed E-state index contributed by atoms with van der Waals surface area (Å²) in [6.07, 6.45) is -4.73. The average molecular weight is 380 g/mol. The van der Waals surface area contributed by atoms with Gasteiger partial charge in [0.15, 0.2) is 24.6 Å². The number of benzene rings is 1. The zero-order valence-corrected chi connectivity index (χ0v) is 15.7. The van der Waals surface area contributed by atoms with E-state index in [-0.39, 0.29) is 6.61 Å². The Morgan fingerprint density at radius 2 is 1.37 bits per heavy atom. The monoisotopic (exact) mass is 380 g/mol. The highest BCUT2D eigenvalue weighted by atomic mass is 16.7. The molecule has 0 N–H and O–H groups in total. The Morgan fingerprint density at radius 3 is 1.93 bits per heavy atom. The molecule has 1 aromatic rings. The molecule has 0 unspecified atom stereocenters. The van der Waals surface area contributed by atoms with Gasteiger partial charge in [0.25, 0.3) is 0 Å². The molecular formula is C19H24O8. The van der Waals surface area contributed by atoms with Crippen molar-refractivity contribution in [3.63, 3.8) is 0 Å². The van der Waals surface area contributed by atoms with Gasteiger partial charge in [0, 0.05) is 20.8 Å². The van der Waals surface area contributed by atoms with Crippen molar-refractivity contribution >= 4 is 17.9 Å². The maximum atomic E-state index is 11.6. The number of carbonyl (C=O) groups is 3. The minimum absolute atomic E-state index is 0.195. The first kappa shape index (κ1) is 20.9. The van der Waals surface area contributed by atoms with Crippen molar-refractivity contribution in [2.45, 2.75) is 65.0 Å². The van der Waals surface area contributed by atoms with E-state index < -0.39 is 48.6 Å². The first-order valence-electron chi connectivity index (χ1n) is 8.60. The molecule has 2 rings (SSSR count). The normalized spacial score (nSPS) is 27.5. The Bertz CT molecular complexity index is 659. The number of hydrogen-bond donors (Lipinski definition) is 0. The van der Waals surface area contributed by atoms with Gasteiger partial charge in [0.1, 0.15) is 0 Å². The minimum Gasteiger partial charge on any atom is -0.456 e. The van der Waals surface area contributed by atoms with Crippen molar-refractivity contribution in [2.75, 3.05) is 0 Å². The van der Waals surface area contributed by atoms with E-state index in [4.69, 9.17) is 23.7 Å². The maximum Gasteiger partial charge on any atom is 0.303 e. The van der Waals surface area contributed by atoms with Crippen LogP contribution in [0.2, 0.25) is 0 Å². The van der Waals surface area contributed by atoms with Crippen LogP contribution in [0.15, 0.2) is 30.3 Å². The highest BCUT2D eigenvalue weighted by Crippen LogP contribution is 2.29. The summed E-state index contributed by atoms with van der Waals surface area (Å²) >= 11 is 0. The van der Waals surface area contributed by atoms with Gasteiger partial charge in [0.2, 0.25) is 0 Å². The van der Waals surface area contributed by atoms with Gasteiger partial charge in [-0.1, -0.05) is 30.3 Å². The van der Waals surface area contributed by atoms with Crippen molar-refractivity contribution < 1.29 is 38.1 Å². The Hall–Kier alpha value is -2.45. The van der Waals surface area contributed by atoms with Crippen LogP contribution in [-0.2, 0) is 44.7 Å². The second-order valence-corrected chi connectivity index (χ2v) is 6.23. The van der Waals surface area contributed by atoms with Crippen molar-refractivity contribution in [3.05, 3.63) is 35.9 Å². The molecule has 5 atom stereocenters. The van der Waals surface area contributed by atoms with Crippen LogP contribution in [0.5, 0.6) is 0 Å². The lowest BCUT2D eigenvalue weighted by Crippen LogP contribution is -2.61. The van der Waals surface area contributed by atoms with Gasteiger partial charge in [-0.05, 0) is 12.5 Å². The quantitative estimate of drug-likeness (QED) is 0.544. The van der Waals surface area contributed by atoms with Crippen molar-refractivity contribution in [2.24, 2.45) is 0 Å². The Kier molecular flexibility index (Phi) is 7.32. The van der Waals surface area contributed by atoms with Crippen molar-refractivity contribution in [3.8, 4) is 0 Å². The fraction of sp³-hybridized carbons (Fsp3) is 0.526. The second-order valence-electron chi connectivity index (χ2n) is 6.23. The van der Waals surface area contributed by atoms with Crippen LogP contribution < -0.4 is 0 Å². The van der Waals surface area contributed by atoms with E-state index in [1.54, 1.807) is 6.92 Å². The van der Waals surface area contributed by atoms with Crippen LogP contribution in [0.1, 0.15) is 33.3 Å². The van der Waals surface area contributed by atoms with Crippen LogP contribution in [0.25, 0.3) is 0 Å². The van der Waals surface area contributed by atoms with Gasteiger partial charge >= 0.3 is 17.9 Å². The largest absolute Gasteiger partial charge is 0.456 e. The zero-order chi connectivity index (χ0) is 20.0. The summed E-state index contributed by atoms with van der Waals surface area (Å²) < 4.78 is 27.4. The molecule has 1 aromatic carbocycles. The zero-order valence-electron chi connectivity index (χ0n) is 15.7. The van der Waals surface area contributed by atoms with E-state index in [1.807, 2.05) is 30.3 Å². The van der Waals surface area contributed by atoms with E-state index >= 15 is 0 Å². The molecule has 1 fully saturated rings. The fourth-order valence-corrected chi connectivity index (χ4v) is 2.86. The van der Waals surface area contributed by atoms with Gasteiger partial charge in [-0.3, -0.25) is 14.4 Å². The Labute approximate surface area is 157 Å². The number of hydrogen-bond acceptors (Lipinski definition) is 8.